The predicted molar refractivity (Wildman–Crippen MR) is 71.4 cm³/mol. The van der Waals surface area contributed by atoms with Crippen molar-refractivity contribution < 1.29 is 4.79 Å². The Labute approximate surface area is 109 Å². The lowest BCUT2D eigenvalue weighted by molar-refractivity contribution is 0.0829. The van der Waals surface area contributed by atoms with Crippen LogP contribution < -0.4 is 5.73 Å². The number of carbonyl (C=O) groups is 1. The topological polar surface area (TPSA) is 60.9 Å². The van der Waals surface area contributed by atoms with Crippen LogP contribution in [0.5, 0.6) is 0 Å². The van der Waals surface area contributed by atoms with Crippen LogP contribution in [0.25, 0.3) is 0 Å². The monoisotopic (exact) mass is 249 g/mol. The van der Waals surface area contributed by atoms with Gasteiger partial charge in [0, 0.05) is 18.7 Å². The van der Waals surface area contributed by atoms with Crippen molar-refractivity contribution in [2.24, 2.45) is 17.6 Å². The molecule has 0 aromatic carbocycles. The van der Waals surface area contributed by atoms with Crippen LogP contribution >= 0.6 is 0 Å². The summed E-state index contributed by atoms with van der Waals surface area (Å²) < 4.78 is 1.85. The minimum absolute atomic E-state index is 0.114. The molecule has 2 N–H and O–H groups in total. The van der Waals surface area contributed by atoms with Gasteiger partial charge in [0.25, 0.3) is 0 Å². The molecular weight excluding hydrogens is 226 g/mol. The molecule has 0 spiro atoms. The Kier molecular flexibility index (Phi) is 4.53. The second kappa shape index (κ2) is 6.14. The number of nitrogens with zero attached hydrogens (tertiary/aromatic N) is 2. The molecular formula is C14H23N3O. The fourth-order valence-corrected chi connectivity index (χ4v) is 2.89. The molecule has 1 aliphatic carbocycles. The maximum atomic E-state index is 12.5. The molecule has 1 aromatic rings. The van der Waals surface area contributed by atoms with Gasteiger partial charge in [0.2, 0.25) is 0 Å². The largest absolute Gasteiger partial charge is 0.330 e. The minimum Gasteiger partial charge on any atom is -0.330 e. The van der Waals surface area contributed by atoms with E-state index < -0.39 is 0 Å². The summed E-state index contributed by atoms with van der Waals surface area (Å²) in [5, 5.41) is 4.24. The van der Waals surface area contributed by atoms with Crippen LogP contribution in [-0.2, 0) is 6.54 Å². The summed E-state index contributed by atoms with van der Waals surface area (Å²) in [6.45, 7) is 3.60. The fraction of sp³-hybridized carbons (Fsp3) is 0.714. The van der Waals surface area contributed by atoms with Gasteiger partial charge in [0.15, 0.2) is 5.78 Å². The van der Waals surface area contributed by atoms with Gasteiger partial charge in [-0.15, -0.1) is 0 Å². The lowest BCUT2D eigenvalue weighted by Gasteiger charge is -2.29. The summed E-state index contributed by atoms with van der Waals surface area (Å²) >= 11 is 0. The summed E-state index contributed by atoms with van der Waals surface area (Å²) in [7, 11) is 0. The minimum atomic E-state index is 0.114. The lowest BCUT2D eigenvalue weighted by Crippen LogP contribution is -2.32. The number of hydrogen-bond acceptors (Lipinski definition) is 3. The molecule has 1 fully saturated rings. The second-order valence-corrected chi connectivity index (χ2v) is 5.24. The highest BCUT2D eigenvalue weighted by Crippen LogP contribution is 2.31. The zero-order valence-electron chi connectivity index (χ0n) is 11.1. The van der Waals surface area contributed by atoms with E-state index in [4.69, 9.17) is 5.73 Å². The van der Waals surface area contributed by atoms with Crippen LogP contribution in [-0.4, -0.2) is 22.1 Å². The SMILES string of the molecule is CCCn1cc(C(=O)C2CCCCC2CN)cn1. The van der Waals surface area contributed by atoms with Crippen LogP contribution in [0.2, 0.25) is 0 Å². The molecule has 18 heavy (non-hydrogen) atoms. The zero-order chi connectivity index (χ0) is 13.0. The van der Waals surface area contributed by atoms with Gasteiger partial charge in [-0.1, -0.05) is 19.8 Å². The molecule has 1 aliphatic rings. The van der Waals surface area contributed by atoms with E-state index in [-0.39, 0.29) is 11.7 Å². The highest BCUT2D eigenvalue weighted by molar-refractivity contribution is 5.97. The van der Waals surface area contributed by atoms with E-state index in [0.29, 0.717) is 12.5 Å². The molecule has 4 heteroatoms. The predicted octanol–water partition coefficient (Wildman–Crippen LogP) is 2.24. The molecule has 1 saturated carbocycles. The number of aromatic nitrogens is 2. The van der Waals surface area contributed by atoms with Gasteiger partial charge in [0.1, 0.15) is 0 Å². The third-order valence-corrected chi connectivity index (χ3v) is 3.92. The Morgan fingerprint density at radius 1 is 1.50 bits per heavy atom. The van der Waals surface area contributed by atoms with Crippen molar-refractivity contribution in [3.05, 3.63) is 18.0 Å². The van der Waals surface area contributed by atoms with Gasteiger partial charge >= 0.3 is 0 Å². The molecule has 0 bridgehead atoms. The van der Waals surface area contributed by atoms with E-state index in [0.717, 1.165) is 37.8 Å². The third-order valence-electron chi connectivity index (χ3n) is 3.92. The van der Waals surface area contributed by atoms with Crippen molar-refractivity contribution in [2.45, 2.75) is 45.6 Å². The van der Waals surface area contributed by atoms with Crippen molar-refractivity contribution in [1.82, 2.24) is 9.78 Å². The smallest absolute Gasteiger partial charge is 0.169 e. The van der Waals surface area contributed by atoms with Crippen molar-refractivity contribution in [1.29, 1.82) is 0 Å². The van der Waals surface area contributed by atoms with Gasteiger partial charge in [0.05, 0.1) is 11.8 Å². The molecule has 1 aromatic heterocycles. The van der Waals surface area contributed by atoms with Crippen LogP contribution in [0.3, 0.4) is 0 Å². The van der Waals surface area contributed by atoms with E-state index in [1.165, 1.54) is 6.42 Å². The van der Waals surface area contributed by atoms with E-state index in [9.17, 15) is 4.79 Å². The third kappa shape index (κ3) is 2.80. The Balaban J connectivity index is 2.08. The standard InChI is InChI=1S/C14H23N3O/c1-2-7-17-10-12(9-16-17)14(18)13-6-4-3-5-11(13)8-15/h9-11,13H,2-8,15H2,1H3. The normalized spacial score (nSPS) is 24.1. The zero-order valence-corrected chi connectivity index (χ0v) is 11.1. The summed E-state index contributed by atoms with van der Waals surface area (Å²) in [5.41, 5.74) is 6.55. The van der Waals surface area contributed by atoms with Crippen LogP contribution in [0, 0.1) is 11.8 Å². The van der Waals surface area contributed by atoms with Gasteiger partial charge in [-0.25, -0.2) is 0 Å². The fourth-order valence-electron chi connectivity index (χ4n) is 2.89. The Bertz CT molecular complexity index is 399. The van der Waals surface area contributed by atoms with Crippen LogP contribution in [0.4, 0.5) is 0 Å². The van der Waals surface area contributed by atoms with E-state index in [1.54, 1.807) is 6.20 Å². The number of Topliss-reactive ketones (excluding diaryl/α,β-unsaturated/α-hetero) is 1. The molecule has 0 amide bonds. The molecule has 2 rings (SSSR count). The number of aryl methyl sites for hydroxylation is 1. The molecule has 2 unspecified atom stereocenters. The van der Waals surface area contributed by atoms with Crippen LogP contribution in [0.1, 0.15) is 49.4 Å². The Morgan fingerprint density at radius 3 is 3.00 bits per heavy atom. The van der Waals surface area contributed by atoms with Gasteiger partial charge in [-0.05, 0) is 31.7 Å². The van der Waals surface area contributed by atoms with E-state index >= 15 is 0 Å². The molecule has 0 radical (unpaired) electrons. The Hall–Kier alpha value is -1.16. The maximum Gasteiger partial charge on any atom is 0.169 e. The number of carbonyl (C=O) groups excluding carboxylic acids is 1. The van der Waals surface area contributed by atoms with Gasteiger partial charge in [-0.3, -0.25) is 9.48 Å². The van der Waals surface area contributed by atoms with Crippen molar-refractivity contribution in [3.8, 4) is 0 Å². The molecule has 100 valence electrons. The van der Waals surface area contributed by atoms with Crippen molar-refractivity contribution >= 4 is 5.78 Å². The van der Waals surface area contributed by atoms with Gasteiger partial charge in [-0.2, -0.15) is 5.10 Å². The summed E-state index contributed by atoms with van der Waals surface area (Å²) in [6.07, 6.45) is 9.06. The first-order chi connectivity index (χ1) is 8.76. The average Bonchev–Trinajstić information content (AvgIpc) is 2.87. The first kappa shape index (κ1) is 13.3. The second-order valence-electron chi connectivity index (χ2n) is 5.24. The summed E-state index contributed by atoms with van der Waals surface area (Å²) in [6, 6.07) is 0. The van der Waals surface area contributed by atoms with E-state index in [2.05, 4.69) is 12.0 Å². The number of nitrogens with two attached hydrogens (primary N) is 1. The number of ketones is 1. The van der Waals surface area contributed by atoms with Crippen LogP contribution in [0.15, 0.2) is 12.4 Å². The lowest BCUT2D eigenvalue weighted by atomic mass is 9.76. The molecule has 1 heterocycles. The van der Waals surface area contributed by atoms with Gasteiger partial charge < -0.3 is 5.73 Å². The highest BCUT2D eigenvalue weighted by atomic mass is 16.1. The molecule has 0 saturated heterocycles. The maximum absolute atomic E-state index is 12.5. The molecule has 0 aliphatic heterocycles. The first-order valence-electron chi connectivity index (χ1n) is 7.03. The van der Waals surface area contributed by atoms with Crippen molar-refractivity contribution in [3.63, 3.8) is 0 Å². The number of hydrogen-bond donors (Lipinski definition) is 1. The molecule has 4 nitrogen and oxygen atoms in total. The van der Waals surface area contributed by atoms with E-state index in [1.807, 2.05) is 10.9 Å². The molecule has 2 atom stereocenters. The summed E-state index contributed by atoms with van der Waals surface area (Å²) in [4.78, 5) is 12.5. The van der Waals surface area contributed by atoms with Crippen molar-refractivity contribution in [2.75, 3.05) is 6.54 Å². The quantitative estimate of drug-likeness (QED) is 0.814. The number of rotatable bonds is 5. The Morgan fingerprint density at radius 2 is 2.28 bits per heavy atom. The average molecular weight is 249 g/mol. The highest BCUT2D eigenvalue weighted by Gasteiger charge is 2.31. The first-order valence-corrected chi connectivity index (χ1v) is 7.03. The summed E-state index contributed by atoms with van der Waals surface area (Å²) in [5.74, 6) is 0.719.